The fraction of sp³-hybridized carbons (Fsp3) is 0. The average Bonchev–Trinajstić information content (AvgIpc) is 2.31. The molecule has 2 rings (SSSR count). The van der Waals surface area contributed by atoms with Gasteiger partial charge in [-0.3, -0.25) is 0 Å². The van der Waals surface area contributed by atoms with Crippen molar-refractivity contribution in [2.75, 3.05) is 10.6 Å². The van der Waals surface area contributed by atoms with Crippen LogP contribution in [0, 0.1) is 5.82 Å². The minimum absolute atomic E-state index is 0.0616. The summed E-state index contributed by atoms with van der Waals surface area (Å²) in [5.74, 6) is -0.973. The molecule has 0 radical (unpaired) electrons. The summed E-state index contributed by atoms with van der Waals surface area (Å²) in [5, 5.41) is 14.6. The molecule has 2 aromatic rings. The Morgan fingerprint density at radius 1 is 1.05 bits per heavy atom. The molecule has 0 aromatic heterocycles. The number of carbonyl (C=O) groups is 1. The smallest absolute Gasteiger partial charge is 0.323 e. The number of hydrogen-bond acceptors (Lipinski definition) is 2. The first kappa shape index (κ1) is 14.4. The van der Waals surface area contributed by atoms with E-state index in [-0.39, 0.29) is 11.4 Å². The number of rotatable bonds is 2. The molecule has 104 valence electrons. The van der Waals surface area contributed by atoms with Gasteiger partial charge in [-0.15, -0.1) is 0 Å². The topological polar surface area (TPSA) is 61.4 Å². The van der Waals surface area contributed by atoms with Gasteiger partial charge < -0.3 is 15.7 Å². The highest BCUT2D eigenvalue weighted by Crippen LogP contribution is 2.23. The predicted molar refractivity (Wildman–Crippen MR) is 77.2 cm³/mol. The standard InChI is InChI=1S/C13H9Cl2FN2O2/c14-7-3-8(15)5-9(4-7)17-13(20)18-12-2-1-10(19)6-11(12)16/h1-6,19H,(H2,17,18,20). The Morgan fingerprint density at radius 2 is 1.70 bits per heavy atom. The number of anilines is 2. The first-order valence-corrected chi connectivity index (χ1v) is 6.22. The van der Waals surface area contributed by atoms with Gasteiger partial charge in [0.15, 0.2) is 0 Å². The maximum atomic E-state index is 13.4. The quantitative estimate of drug-likeness (QED) is 0.715. The van der Waals surface area contributed by atoms with Gasteiger partial charge in [0, 0.05) is 21.8 Å². The predicted octanol–water partition coefficient (Wildman–Crippen LogP) is 4.48. The van der Waals surface area contributed by atoms with Gasteiger partial charge in [0.2, 0.25) is 0 Å². The number of nitrogens with one attached hydrogen (secondary N) is 2. The molecule has 0 saturated heterocycles. The molecule has 0 aliphatic carbocycles. The number of benzene rings is 2. The summed E-state index contributed by atoms with van der Waals surface area (Å²) >= 11 is 11.6. The van der Waals surface area contributed by atoms with E-state index in [0.29, 0.717) is 15.7 Å². The minimum atomic E-state index is -0.746. The van der Waals surface area contributed by atoms with Crippen LogP contribution < -0.4 is 10.6 Å². The number of phenolic OH excluding ortho intramolecular Hbond substituents is 1. The van der Waals surface area contributed by atoms with Gasteiger partial charge in [-0.2, -0.15) is 0 Å². The van der Waals surface area contributed by atoms with Crippen LogP contribution in [0.2, 0.25) is 10.0 Å². The lowest BCUT2D eigenvalue weighted by Crippen LogP contribution is -2.20. The molecule has 0 spiro atoms. The van der Waals surface area contributed by atoms with E-state index in [1.807, 2.05) is 0 Å². The second-order valence-corrected chi connectivity index (χ2v) is 4.77. The summed E-state index contributed by atoms with van der Waals surface area (Å²) in [6, 6.07) is 7.26. The largest absolute Gasteiger partial charge is 0.508 e. The van der Waals surface area contributed by atoms with Gasteiger partial charge >= 0.3 is 6.03 Å². The van der Waals surface area contributed by atoms with Crippen LogP contribution in [-0.2, 0) is 0 Å². The van der Waals surface area contributed by atoms with Crippen LogP contribution in [0.4, 0.5) is 20.6 Å². The number of halogens is 3. The van der Waals surface area contributed by atoms with Gasteiger partial charge in [-0.1, -0.05) is 23.2 Å². The van der Waals surface area contributed by atoms with Crippen LogP contribution in [0.1, 0.15) is 0 Å². The molecule has 0 aliphatic heterocycles. The van der Waals surface area contributed by atoms with E-state index in [2.05, 4.69) is 10.6 Å². The van der Waals surface area contributed by atoms with Crippen molar-refractivity contribution < 1.29 is 14.3 Å². The van der Waals surface area contributed by atoms with Crippen LogP contribution >= 0.6 is 23.2 Å². The summed E-state index contributed by atoms with van der Waals surface area (Å²) in [6.45, 7) is 0. The summed E-state index contributed by atoms with van der Waals surface area (Å²) in [6.07, 6.45) is 0. The second-order valence-electron chi connectivity index (χ2n) is 3.90. The van der Waals surface area contributed by atoms with Crippen molar-refractivity contribution in [3.05, 3.63) is 52.3 Å². The highest BCUT2D eigenvalue weighted by Gasteiger charge is 2.08. The summed E-state index contributed by atoms with van der Waals surface area (Å²) < 4.78 is 13.4. The van der Waals surface area contributed by atoms with Gasteiger partial charge in [-0.05, 0) is 30.3 Å². The lowest BCUT2D eigenvalue weighted by molar-refractivity contribution is 0.262. The monoisotopic (exact) mass is 314 g/mol. The molecule has 3 N–H and O–H groups in total. The third-order valence-electron chi connectivity index (χ3n) is 2.32. The third-order valence-corrected chi connectivity index (χ3v) is 2.76. The van der Waals surface area contributed by atoms with E-state index in [0.717, 1.165) is 6.07 Å². The van der Waals surface area contributed by atoms with Crippen molar-refractivity contribution in [3.8, 4) is 5.75 Å². The first-order valence-electron chi connectivity index (χ1n) is 5.46. The number of carbonyl (C=O) groups excluding carboxylic acids is 1. The molecule has 0 aliphatic rings. The van der Waals surface area contributed by atoms with Crippen LogP contribution in [0.25, 0.3) is 0 Å². The molecule has 2 aromatic carbocycles. The maximum absolute atomic E-state index is 13.4. The average molecular weight is 315 g/mol. The Labute approximate surface area is 124 Å². The molecule has 20 heavy (non-hydrogen) atoms. The van der Waals surface area contributed by atoms with Crippen molar-refractivity contribution in [2.45, 2.75) is 0 Å². The number of urea groups is 1. The van der Waals surface area contributed by atoms with E-state index in [4.69, 9.17) is 28.3 Å². The SMILES string of the molecule is O=C(Nc1cc(Cl)cc(Cl)c1)Nc1ccc(O)cc1F. The summed E-state index contributed by atoms with van der Waals surface area (Å²) in [7, 11) is 0. The van der Waals surface area contributed by atoms with E-state index >= 15 is 0 Å². The molecule has 0 saturated carbocycles. The van der Waals surface area contributed by atoms with Crippen molar-refractivity contribution in [1.29, 1.82) is 0 Å². The molecular weight excluding hydrogens is 306 g/mol. The Morgan fingerprint density at radius 3 is 2.30 bits per heavy atom. The molecule has 4 nitrogen and oxygen atoms in total. The normalized spacial score (nSPS) is 10.2. The molecule has 7 heteroatoms. The molecule has 0 heterocycles. The molecule has 0 fully saturated rings. The highest BCUT2D eigenvalue weighted by molar-refractivity contribution is 6.35. The highest BCUT2D eigenvalue weighted by atomic mass is 35.5. The van der Waals surface area contributed by atoms with Crippen LogP contribution in [0.15, 0.2) is 36.4 Å². The zero-order valence-corrected chi connectivity index (χ0v) is 11.5. The Kier molecular flexibility index (Phi) is 4.32. The number of hydrogen-bond donors (Lipinski definition) is 3. The van der Waals surface area contributed by atoms with Crippen LogP contribution in [0.5, 0.6) is 5.75 Å². The lowest BCUT2D eigenvalue weighted by Gasteiger charge is -2.09. The zero-order chi connectivity index (χ0) is 14.7. The molecule has 2 amide bonds. The Bertz CT molecular complexity index is 645. The van der Waals surface area contributed by atoms with Crippen molar-refractivity contribution in [2.24, 2.45) is 0 Å². The molecule has 0 bridgehead atoms. The first-order chi connectivity index (χ1) is 9.44. The third kappa shape index (κ3) is 3.76. The minimum Gasteiger partial charge on any atom is -0.508 e. The Balaban J connectivity index is 2.09. The number of amides is 2. The van der Waals surface area contributed by atoms with E-state index in [9.17, 15) is 9.18 Å². The van der Waals surface area contributed by atoms with E-state index in [1.165, 1.54) is 30.3 Å². The van der Waals surface area contributed by atoms with Gasteiger partial charge in [0.25, 0.3) is 0 Å². The molecule has 0 atom stereocenters. The fourth-order valence-electron chi connectivity index (χ4n) is 1.52. The van der Waals surface area contributed by atoms with Crippen molar-refractivity contribution in [1.82, 2.24) is 0 Å². The number of aromatic hydroxyl groups is 1. The number of phenols is 1. The zero-order valence-electron chi connectivity index (χ0n) is 9.95. The summed E-state index contributed by atoms with van der Waals surface area (Å²) in [5.41, 5.74) is 0.313. The molecular formula is C13H9Cl2FN2O2. The van der Waals surface area contributed by atoms with Gasteiger partial charge in [0.1, 0.15) is 11.6 Å². The van der Waals surface area contributed by atoms with Crippen LogP contribution in [-0.4, -0.2) is 11.1 Å². The lowest BCUT2D eigenvalue weighted by atomic mass is 10.3. The van der Waals surface area contributed by atoms with E-state index in [1.54, 1.807) is 0 Å². The van der Waals surface area contributed by atoms with E-state index < -0.39 is 11.8 Å². The van der Waals surface area contributed by atoms with Gasteiger partial charge in [0.05, 0.1) is 5.69 Å². The van der Waals surface area contributed by atoms with Crippen molar-refractivity contribution >= 4 is 40.6 Å². The van der Waals surface area contributed by atoms with Crippen LogP contribution in [0.3, 0.4) is 0 Å². The Hall–Kier alpha value is -1.98. The van der Waals surface area contributed by atoms with Crippen molar-refractivity contribution in [3.63, 3.8) is 0 Å². The maximum Gasteiger partial charge on any atom is 0.323 e. The second kappa shape index (κ2) is 5.98. The summed E-state index contributed by atoms with van der Waals surface area (Å²) in [4.78, 5) is 11.7. The fourth-order valence-corrected chi connectivity index (χ4v) is 2.04. The van der Waals surface area contributed by atoms with Gasteiger partial charge in [-0.25, -0.2) is 9.18 Å². The molecule has 0 unspecified atom stereocenters.